The number of hydrogen-bond acceptors (Lipinski definition) is 2. The molecule has 0 bridgehead atoms. The first-order chi connectivity index (χ1) is 10.3. The molecule has 0 amide bonds. The fraction of sp³-hybridized carbons (Fsp3) is 0.611. The Labute approximate surface area is 129 Å². The first kappa shape index (κ1) is 19.7. The highest BCUT2D eigenvalue weighted by atomic mass is 16.4. The Bertz CT molecular complexity index is 316. The molecule has 0 atom stereocenters. The highest BCUT2D eigenvalue weighted by Gasteiger charge is 1.95. The monoisotopic (exact) mass is 294 g/mol. The van der Waals surface area contributed by atoms with Crippen molar-refractivity contribution in [3.63, 3.8) is 0 Å². The number of aliphatic hydroxyl groups is 1. The summed E-state index contributed by atoms with van der Waals surface area (Å²) in [6.07, 6.45) is 22.2. The van der Waals surface area contributed by atoms with Gasteiger partial charge in [0.2, 0.25) is 0 Å². The Balaban J connectivity index is 3.25. The molecule has 120 valence electrons. The number of aliphatic carboxylic acids is 1. The van der Waals surface area contributed by atoms with Gasteiger partial charge in [-0.15, -0.1) is 0 Å². The molecule has 0 saturated carbocycles. The molecule has 0 rings (SSSR count). The molecular formula is C18H30O3. The van der Waals surface area contributed by atoms with E-state index < -0.39 is 5.97 Å². The second kappa shape index (κ2) is 16.7. The van der Waals surface area contributed by atoms with Crippen molar-refractivity contribution < 1.29 is 15.0 Å². The molecule has 0 radical (unpaired) electrons. The van der Waals surface area contributed by atoms with Crippen LogP contribution in [0.2, 0.25) is 0 Å². The second-order valence-corrected chi connectivity index (χ2v) is 5.10. The highest BCUT2D eigenvalue weighted by molar-refractivity contribution is 5.66. The van der Waals surface area contributed by atoms with Crippen LogP contribution in [0.4, 0.5) is 0 Å². The standard InChI is InChI=1S/C18H30O3/c19-17-15-13-11-9-7-5-3-1-2-4-6-8-10-12-14-16-18(20)21/h1-2,5,7,11,13,19H,3-4,6,8-10,12,14-17H2,(H,20,21)/b2-1-,7-5-,13-11-. The van der Waals surface area contributed by atoms with Crippen molar-refractivity contribution in [3.8, 4) is 0 Å². The zero-order valence-corrected chi connectivity index (χ0v) is 13.0. The third kappa shape index (κ3) is 18.6. The summed E-state index contributed by atoms with van der Waals surface area (Å²) in [4.78, 5) is 10.3. The van der Waals surface area contributed by atoms with E-state index in [0.717, 1.165) is 44.9 Å². The lowest BCUT2D eigenvalue weighted by Crippen LogP contribution is -1.93. The van der Waals surface area contributed by atoms with Gasteiger partial charge in [0.1, 0.15) is 0 Å². The maximum atomic E-state index is 10.3. The number of carbonyl (C=O) groups is 1. The Kier molecular flexibility index (Phi) is 15.6. The van der Waals surface area contributed by atoms with Crippen molar-refractivity contribution in [3.05, 3.63) is 36.5 Å². The molecule has 0 aliphatic carbocycles. The largest absolute Gasteiger partial charge is 0.481 e. The van der Waals surface area contributed by atoms with Crippen LogP contribution < -0.4 is 0 Å². The van der Waals surface area contributed by atoms with E-state index in [1.807, 2.05) is 6.08 Å². The van der Waals surface area contributed by atoms with Crippen LogP contribution in [0, 0.1) is 0 Å². The molecule has 0 aliphatic heterocycles. The molecule has 3 nitrogen and oxygen atoms in total. The Morgan fingerprint density at radius 1 is 0.714 bits per heavy atom. The lowest BCUT2D eigenvalue weighted by Gasteiger charge is -1.98. The SMILES string of the molecule is O=C(O)CCCCCCC/C=C\C/C=C\C/C=C\CCO. The van der Waals surface area contributed by atoms with Crippen molar-refractivity contribution in [2.75, 3.05) is 6.61 Å². The normalized spacial score (nSPS) is 12.0. The Morgan fingerprint density at radius 2 is 1.24 bits per heavy atom. The van der Waals surface area contributed by atoms with E-state index in [1.165, 1.54) is 12.8 Å². The molecule has 3 heteroatoms. The fourth-order valence-corrected chi connectivity index (χ4v) is 1.92. The number of aliphatic hydroxyl groups excluding tert-OH is 1. The lowest BCUT2D eigenvalue weighted by atomic mass is 10.1. The zero-order valence-electron chi connectivity index (χ0n) is 13.0. The molecule has 0 spiro atoms. The molecule has 21 heavy (non-hydrogen) atoms. The van der Waals surface area contributed by atoms with E-state index in [9.17, 15) is 4.79 Å². The number of hydrogen-bond donors (Lipinski definition) is 2. The molecule has 0 heterocycles. The predicted octanol–water partition coefficient (Wildman–Crippen LogP) is 4.63. The summed E-state index contributed by atoms with van der Waals surface area (Å²) >= 11 is 0. The van der Waals surface area contributed by atoms with Gasteiger partial charge in [0, 0.05) is 13.0 Å². The average molecular weight is 294 g/mol. The lowest BCUT2D eigenvalue weighted by molar-refractivity contribution is -0.137. The first-order valence-corrected chi connectivity index (χ1v) is 8.05. The maximum Gasteiger partial charge on any atom is 0.303 e. The molecule has 2 N–H and O–H groups in total. The van der Waals surface area contributed by atoms with Gasteiger partial charge in [-0.1, -0.05) is 55.7 Å². The summed E-state index contributed by atoms with van der Waals surface area (Å²) in [6.45, 7) is 0.225. The molecule has 0 saturated heterocycles. The van der Waals surface area contributed by atoms with Crippen LogP contribution in [-0.2, 0) is 4.79 Å². The van der Waals surface area contributed by atoms with Crippen LogP contribution >= 0.6 is 0 Å². The average Bonchev–Trinajstić information content (AvgIpc) is 2.46. The van der Waals surface area contributed by atoms with Gasteiger partial charge < -0.3 is 10.2 Å². The van der Waals surface area contributed by atoms with E-state index >= 15 is 0 Å². The molecule has 0 aromatic carbocycles. The van der Waals surface area contributed by atoms with Gasteiger partial charge in [0.05, 0.1) is 0 Å². The van der Waals surface area contributed by atoms with Gasteiger partial charge in [-0.3, -0.25) is 4.79 Å². The highest BCUT2D eigenvalue weighted by Crippen LogP contribution is 2.07. The summed E-state index contributed by atoms with van der Waals surface area (Å²) in [6, 6.07) is 0. The minimum absolute atomic E-state index is 0.225. The summed E-state index contributed by atoms with van der Waals surface area (Å²) in [7, 11) is 0. The minimum Gasteiger partial charge on any atom is -0.481 e. The van der Waals surface area contributed by atoms with Crippen molar-refractivity contribution in [2.24, 2.45) is 0 Å². The Hall–Kier alpha value is -1.35. The van der Waals surface area contributed by atoms with Crippen LogP contribution in [0.3, 0.4) is 0 Å². The van der Waals surface area contributed by atoms with Crippen molar-refractivity contribution >= 4 is 5.97 Å². The molecule has 0 fully saturated rings. The van der Waals surface area contributed by atoms with E-state index in [4.69, 9.17) is 10.2 Å². The number of carboxylic acid groups (broad SMARTS) is 1. The molecule has 0 unspecified atom stereocenters. The number of carboxylic acids is 1. The number of allylic oxidation sites excluding steroid dienone is 5. The molecular weight excluding hydrogens is 264 g/mol. The minimum atomic E-state index is -0.685. The van der Waals surface area contributed by atoms with Crippen LogP contribution in [0.1, 0.15) is 64.2 Å². The zero-order chi connectivity index (χ0) is 15.6. The smallest absolute Gasteiger partial charge is 0.303 e. The van der Waals surface area contributed by atoms with Gasteiger partial charge in [-0.25, -0.2) is 0 Å². The maximum absolute atomic E-state index is 10.3. The van der Waals surface area contributed by atoms with Crippen molar-refractivity contribution in [2.45, 2.75) is 64.2 Å². The van der Waals surface area contributed by atoms with Crippen LogP contribution in [0.5, 0.6) is 0 Å². The van der Waals surface area contributed by atoms with Crippen LogP contribution in [0.25, 0.3) is 0 Å². The van der Waals surface area contributed by atoms with Gasteiger partial charge >= 0.3 is 5.97 Å². The van der Waals surface area contributed by atoms with Gasteiger partial charge in [-0.05, 0) is 38.5 Å². The third-order valence-electron chi connectivity index (χ3n) is 3.10. The number of rotatable bonds is 14. The molecule has 0 aromatic rings. The summed E-state index contributed by atoms with van der Waals surface area (Å²) in [5.74, 6) is -0.685. The predicted molar refractivity (Wildman–Crippen MR) is 88.3 cm³/mol. The van der Waals surface area contributed by atoms with Gasteiger partial charge in [0.25, 0.3) is 0 Å². The second-order valence-electron chi connectivity index (χ2n) is 5.10. The topological polar surface area (TPSA) is 57.5 Å². The van der Waals surface area contributed by atoms with Gasteiger partial charge in [0.15, 0.2) is 0 Å². The van der Waals surface area contributed by atoms with Crippen molar-refractivity contribution in [1.82, 2.24) is 0 Å². The fourth-order valence-electron chi connectivity index (χ4n) is 1.92. The molecule has 0 aromatic heterocycles. The van der Waals surface area contributed by atoms with E-state index in [0.29, 0.717) is 6.42 Å². The van der Waals surface area contributed by atoms with Crippen LogP contribution in [0.15, 0.2) is 36.5 Å². The summed E-state index contributed by atoms with van der Waals surface area (Å²) in [5.41, 5.74) is 0. The summed E-state index contributed by atoms with van der Waals surface area (Å²) in [5, 5.41) is 17.1. The van der Waals surface area contributed by atoms with Crippen LogP contribution in [-0.4, -0.2) is 22.8 Å². The molecule has 0 aliphatic rings. The van der Waals surface area contributed by atoms with Gasteiger partial charge in [-0.2, -0.15) is 0 Å². The first-order valence-electron chi connectivity index (χ1n) is 8.05. The third-order valence-corrected chi connectivity index (χ3v) is 3.10. The van der Waals surface area contributed by atoms with E-state index in [-0.39, 0.29) is 6.61 Å². The number of unbranched alkanes of at least 4 members (excludes halogenated alkanes) is 5. The quantitative estimate of drug-likeness (QED) is 0.362. The summed E-state index contributed by atoms with van der Waals surface area (Å²) < 4.78 is 0. The Morgan fingerprint density at radius 3 is 1.86 bits per heavy atom. The van der Waals surface area contributed by atoms with E-state index in [2.05, 4.69) is 30.4 Å². The van der Waals surface area contributed by atoms with Crippen molar-refractivity contribution in [1.29, 1.82) is 0 Å². The van der Waals surface area contributed by atoms with E-state index in [1.54, 1.807) is 0 Å².